The number of nitrogens with one attached hydrogen (secondary N) is 1. The van der Waals surface area contributed by atoms with Gasteiger partial charge in [0.1, 0.15) is 12.4 Å². The van der Waals surface area contributed by atoms with Crippen molar-refractivity contribution >= 4 is 28.8 Å². The lowest BCUT2D eigenvalue weighted by molar-refractivity contribution is 0.0940. The highest BCUT2D eigenvalue weighted by Crippen LogP contribution is 2.24. The number of thiophene rings is 1. The summed E-state index contributed by atoms with van der Waals surface area (Å²) in [6.45, 7) is 6.91. The van der Waals surface area contributed by atoms with Gasteiger partial charge in [0.15, 0.2) is 0 Å². The molecule has 1 N–H and O–H groups in total. The zero-order valence-corrected chi connectivity index (χ0v) is 17.1. The molecule has 0 aliphatic carbocycles. The molecule has 3 aromatic rings. The minimum atomic E-state index is -0.0784. The van der Waals surface area contributed by atoms with Gasteiger partial charge < -0.3 is 10.1 Å². The van der Waals surface area contributed by atoms with Crippen LogP contribution in [0, 0.1) is 13.8 Å². The number of aryl methyl sites for hydroxylation is 2. The number of hydrogen-bond donors (Lipinski definition) is 1. The van der Waals surface area contributed by atoms with Crippen LogP contribution in [0.3, 0.4) is 0 Å². The quantitative estimate of drug-likeness (QED) is 0.626. The number of carbonyl (C=O) groups excluding carboxylic acids is 1. The number of carbonyl (C=O) groups is 1. The lowest BCUT2D eigenvalue weighted by Crippen LogP contribution is -2.35. The second-order valence-electron chi connectivity index (χ2n) is 6.57. The molecule has 0 aliphatic heterocycles. The number of aromatic nitrogens is 2. The summed E-state index contributed by atoms with van der Waals surface area (Å²) in [5.41, 5.74) is 2.92. The van der Waals surface area contributed by atoms with Gasteiger partial charge in [-0.05, 0) is 62.0 Å². The second-order valence-corrected chi connectivity index (χ2v) is 7.92. The maximum absolute atomic E-state index is 12.4. The molecular formula is C20H22ClN3O2S. The van der Waals surface area contributed by atoms with Crippen molar-refractivity contribution in [2.45, 2.75) is 40.0 Å². The van der Waals surface area contributed by atoms with Gasteiger partial charge in [0.25, 0.3) is 5.91 Å². The van der Waals surface area contributed by atoms with Gasteiger partial charge in [0, 0.05) is 22.8 Å². The van der Waals surface area contributed by atoms with Gasteiger partial charge >= 0.3 is 0 Å². The van der Waals surface area contributed by atoms with Gasteiger partial charge in [0.05, 0.1) is 17.1 Å². The fraction of sp³-hybridized carbons (Fsp3) is 0.300. The lowest BCUT2D eigenvalue weighted by Gasteiger charge is -2.13. The van der Waals surface area contributed by atoms with Gasteiger partial charge in [-0.2, -0.15) is 5.10 Å². The Kier molecular flexibility index (Phi) is 6.19. The fourth-order valence-electron chi connectivity index (χ4n) is 2.69. The van der Waals surface area contributed by atoms with Crippen molar-refractivity contribution < 1.29 is 9.53 Å². The highest BCUT2D eigenvalue weighted by atomic mass is 35.5. The number of ether oxygens (including phenoxy) is 1. The predicted molar refractivity (Wildman–Crippen MR) is 109 cm³/mol. The largest absolute Gasteiger partial charge is 0.489 e. The molecule has 2 heterocycles. The fourth-order valence-corrected chi connectivity index (χ4v) is 3.72. The van der Waals surface area contributed by atoms with Crippen LogP contribution < -0.4 is 10.1 Å². The Hall–Kier alpha value is -2.31. The highest BCUT2D eigenvalue weighted by molar-refractivity contribution is 7.12. The summed E-state index contributed by atoms with van der Waals surface area (Å²) in [4.78, 5) is 13.1. The number of amides is 1. The van der Waals surface area contributed by atoms with Gasteiger partial charge in [-0.1, -0.05) is 11.6 Å². The molecule has 0 radical (unpaired) electrons. The van der Waals surface area contributed by atoms with E-state index in [4.69, 9.17) is 16.3 Å². The topological polar surface area (TPSA) is 56.2 Å². The van der Waals surface area contributed by atoms with Crippen LogP contribution in [0.5, 0.6) is 5.75 Å². The first-order chi connectivity index (χ1) is 12.9. The van der Waals surface area contributed by atoms with Gasteiger partial charge in [-0.15, -0.1) is 11.3 Å². The summed E-state index contributed by atoms with van der Waals surface area (Å²) in [6, 6.07) is 9.33. The predicted octanol–water partition coefficient (Wildman–Crippen LogP) is 4.61. The Morgan fingerprint density at radius 2 is 2.15 bits per heavy atom. The normalized spacial score (nSPS) is 12.0. The molecule has 0 fully saturated rings. The minimum absolute atomic E-state index is 0.0182. The monoisotopic (exact) mass is 403 g/mol. The summed E-state index contributed by atoms with van der Waals surface area (Å²) < 4.78 is 7.67. The Labute approximate surface area is 167 Å². The van der Waals surface area contributed by atoms with Crippen LogP contribution >= 0.6 is 22.9 Å². The van der Waals surface area contributed by atoms with Crippen molar-refractivity contribution in [3.05, 3.63) is 68.6 Å². The van der Waals surface area contributed by atoms with E-state index in [1.54, 1.807) is 6.07 Å². The molecule has 1 aromatic carbocycles. The van der Waals surface area contributed by atoms with Crippen LogP contribution in [0.4, 0.5) is 0 Å². The van der Waals surface area contributed by atoms with E-state index in [-0.39, 0.29) is 11.9 Å². The van der Waals surface area contributed by atoms with E-state index < -0.39 is 0 Å². The van der Waals surface area contributed by atoms with Crippen LogP contribution in [0.15, 0.2) is 41.9 Å². The van der Waals surface area contributed by atoms with Crippen molar-refractivity contribution in [1.82, 2.24) is 15.1 Å². The van der Waals surface area contributed by atoms with E-state index in [1.807, 2.05) is 61.3 Å². The summed E-state index contributed by atoms with van der Waals surface area (Å²) in [5, 5.41) is 9.99. The Morgan fingerprint density at radius 1 is 1.33 bits per heavy atom. The molecule has 2 aromatic heterocycles. The smallest absolute Gasteiger partial charge is 0.261 e. The van der Waals surface area contributed by atoms with Gasteiger partial charge in [-0.3, -0.25) is 9.48 Å². The van der Waals surface area contributed by atoms with Crippen molar-refractivity contribution in [1.29, 1.82) is 0 Å². The number of benzene rings is 1. The van der Waals surface area contributed by atoms with E-state index in [9.17, 15) is 4.79 Å². The lowest BCUT2D eigenvalue weighted by atomic mass is 10.2. The number of rotatable bonds is 7. The molecule has 0 saturated carbocycles. The summed E-state index contributed by atoms with van der Waals surface area (Å²) in [5.74, 6) is 0.713. The van der Waals surface area contributed by atoms with Gasteiger partial charge in [0.2, 0.25) is 0 Å². The third kappa shape index (κ3) is 5.34. The number of nitrogens with zero attached hydrogens (tertiary/aromatic N) is 2. The first-order valence-electron chi connectivity index (χ1n) is 8.68. The van der Waals surface area contributed by atoms with Crippen molar-refractivity contribution in [3.63, 3.8) is 0 Å². The van der Waals surface area contributed by atoms with Crippen molar-refractivity contribution in [3.8, 4) is 5.75 Å². The number of hydrogen-bond acceptors (Lipinski definition) is 4. The molecule has 3 rings (SSSR count). The SMILES string of the molecule is Cc1ccn(CC(C)NC(=O)c2cc(COc3ccc(Cl)cc3C)cs2)n1. The minimum Gasteiger partial charge on any atom is -0.489 e. The van der Waals surface area contributed by atoms with Crippen LogP contribution in [-0.2, 0) is 13.2 Å². The molecule has 5 nitrogen and oxygen atoms in total. The average molecular weight is 404 g/mol. The zero-order chi connectivity index (χ0) is 19.4. The maximum atomic E-state index is 12.4. The molecule has 1 atom stereocenters. The van der Waals surface area contributed by atoms with E-state index in [2.05, 4.69) is 10.4 Å². The van der Waals surface area contributed by atoms with E-state index in [0.29, 0.717) is 23.1 Å². The second kappa shape index (κ2) is 8.59. The van der Waals surface area contributed by atoms with Crippen molar-refractivity contribution in [2.24, 2.45) is 0 Å². The summed E-state index contributed by atoms with van der Waals surface area (Å²) in [7, 11) is 0. The van der Waals surface area contributed by atoms with Crippen molar-refractivity contribution in [2.75, 3.05) is 0 Å². The Balaban J connectivity index is 1.53. The number of halogens is 1. The zero-order valence-electron chi connectivity index (χ0n) is 15.5. The molecule has 7 heteroatoms. The standard InChI is InChI=1S/C20H22ClN3O2S/c1-13-8-17(21)4-5-18(13)26-11-16-9-19(27-12-16)20(25)22-15(3)10-24-7-6-14(2)23-24/h4-9,12,15H,10-11H2,1-3H3,(H,22,25). The van der Waals surface area contributed by atoms with E-state index in [1.165, 1.54) is 11.3 Å². The van der Waals surface area contributed by atoms with Gasteiger partial charge in [-0.25, -0.2) is 0 Å². The Morgan fingerprint density at radius 3 is 2.85 bits per heavy atom. The first-order valence-corrected chi connectivity index (χ1v) is 9.94. The summed E-state index contributed by atoms with van der Waals surface area (Å²) in [6.07, 6.45) is 1.91. The molecule has 142 valence electrons. The van der Waals surface area contributed by atoms with Crippen LogP contribution in [0.25, 0.3) is 0 Å². The molecule has 1 amide bonds. The first kappa shape index (κ1) is 19.5. The van der Waals surface area contributed by atoms with Crippen LogP contribution in [0.2, 0.25) is 5.02 Å². The third-order valence-corrected chi connectivity index (χ3v) is 5.23. The van der Waals surface area contributed by atoms with E-state index >= 15 is 0 Å². The molecule has 27 heavy (non-hydrogen) atoms. The van der Waals surface area contributed by atoms with Crippen LogP contribution in [-0.4, -0.2) is 21.7 Å². The highest BCUT2D eigenvalue weighted by Gasteiger charge is 2.13. The molecule has 0 saturated heterocycles. The molecule has 0 aliphatic rings. The van der Waals surface area contributed by atoms with Crippen LogP contribution in [0.1, 0.15) is 33.4 Å². The maximum Gasteiger partial charge on any atom is 0.261 e. The summed E-state index contributed by atoms with van der Waals surface area (Å²) >= 11 is 7.38. The average Bonchev–Trinajstić information content (AvgIpc) is 3.23. The molecule has 0 bridgehead atoms. The third-order valence-electron chi connectivity index (χ3n) is 4.02. The van der Waals surface area contributed by atoms with E-state index in [0.717, 1.165) is 22.6 Å². The Bertz CT molecular complexity index is 935. The molecule has 1 unspecified atom stereocenters. The molecular weight excluding hydrogens is 382 g/mol. The molecule has 0 spiro atoms.